The molecule has 0 saturated carbocycles. The van der Waals surface area contributed by atoms with Crippen LogP contribution in [0.3, 0.4) is 0 Å². The second kappa shape index (κ2) is 8.14. The Kier molecular flexibility index (Phi) is 5.67. The molecule has 2 aliphatic heterocycles. The van der Waals surface area contributed by atoms with Gasteiger partial charge in [-0.2, -0.15) is 18.3 Å². The van der Waals surface area contributed by atoms with Crippen LogP contribution in [-0.4, -0.2) is 57.9 Å². The van der Waals surface area contributed by atoms with Crippen LogP contribution in [0.4, 0.5) is 22.4 Å². The summed E-state index contributed by atoms with van der Waals surface area (Å²) in [5, 5.41) is 13.6. The van der Waals surface area contributed by atoms with Crippen molar-refractivity contribution < 1.29 is 32.2 Å². The summed E-state index contributed by atoms with van der Waals surface area (Å²) < 4.78 is 58.1. The van der Waals surface area contributed by atoms with Crippen molar-refractivity contribution in [1.29, 1.82) is 0 Å². The van der Waals surface area contributed by atoms with Crippen molar-refractivity contribution in [2.45, 2.75) is 50.8 Å². The first kappa shape index (κ1) is 21.6. The van der Waals surface area contributed by atoms with E-state index in [1.54, 1.807) is 6.07 Å². The fourth-order valence-corrected chi connectivity index (χ4v) is 4.38. The summed E-state index contributed by atoms with van der Waals surface area (Å²) >= 11 is 0. The quantitative estimate of drug-likeness (QED) is 0.739. The second-order valence-corrected chi connectivity index (χ2v) is 8.00. The number of likely N-dealkylation sites (tertiary alicyclic amines) is 1. The van der Waals surface area contributed by atoms with Crippen molar-refractivity contribution in [1.82, 2.24) is 14.7 Å². The van der Waals surface area contributed by atoms with Gasteiger partial charge < -0.3 is 14.7 Å². The highest BCUT2D eigenvalue weighted by Gasteiger charge is 2.43. The van der Waals surface area contributed by atoms with Crippen molar-refractivity contribution in [3.63, 3.8) is 0 Å². The van der Waals surface area contributed by atoms with Crippen LogP contribution in [0.5, 0.6) is 0 Å². The molecule has 4 rings (SSSR count). The Balaban J connectivity index is 1.46. The van der Waals surface area contributed by atoms with Gasteiger partial charge in [-0.1, -0.05) is 0 Å². The van der Waals surface area contributed by atoms with Gasteiger partial charge in [-0.05, 0) is 61.9 Å². The summed E-state index contributed by atoms with van der Waals surface area (Å²) in [5.41, 5.74) is 4.81. The molecule has 0 bridgehead atoms. The summed E-state index contributed by atoms with van der Waals surface area (Å²) in [7, 11) is 0. The van der Waals surface area contributed by atoms with Crippen molar-refractivity contribution in [2.24, 2.45) is 0 Å². The Labute approximate surface area is 176 Å². The van der Waals surface area contributed by atoms with E-state index >= 15 is 0 Å². The smallest absolute Gasteiger partial charge is 0.427 e. The van der Waals surface area contributed by atoms with Crippen LogP contribution in [0.25, 0.3) is 5.69 Å². The highest BCUT2D eigenvalue weighted by Crippen LogP contribution is 2.35. The molecular weight excluding hydrogens is 418 g/mol. The van der Waals surface area contributed by atoms with Gasteiger partial charge in [-0.25, -0.2) is 13.9 Å². The van der Waals surface area contributed by atoms with Crippen LogP contribution in [0.2, 0.25) is 0 Å². The maximum absolute atomic E-state index is 13.6. The monoisotopic (exact) mass is 441 g/mol. The number of aromatic nitrogens is 2. The summed E-state index contributed by atoms with van der Waals surface area (Å²) in [6.07, 6.45) is -5.85. The molecule has 10 heteroatoms. The summed E-state index contributed by atoms with van der Waals surface area (Å²) in [4.78, 5) is 13.3. The number of alkyl halides is 3. The normalized spacial score (nSPS) is 17.8. The van der Waals surface area contributed by atoms with Gasteiger partial charge in [0.25, 0.3) is 0 Å². The topological polar surface area (TPSA) is 67.6 Å². The lowest BCUT2D eigenvalue weighted by Crippen LogP contribution is -2.44. The minimum atomic E-state index is -4.81. The van der Waals surface area contributed by atoms with E-state index in [2.05, 4.69) is 4.74 Å². The van der Waals surface area contributed by atoms with Crippen LogP contribution in [-0.2, 0) is 17.6 Å². The first-order valence-corrected chi connectivity index (χ1v) is 10.2. The van der Waals surface area contributed by atoms with Crippen molar-refractivity contribution >= 4 is 6.09 Å². The van der Waals surface area contributed by atoms with Crippen molar-refractivity contribution in [2.75, 3.05) is 19.7 Å². The van der Waals surface area contributed by atoms with E-state index in [9.17, 15) is 22.4 Å². The average Bonchev–Trinajstić information content (AvgIpc) is 3.07. The van der Waals surface area contributed by atoms with Gasteiger partial charge in [0.1, 0.15) is 5.82 Å². The van der Waals surface area contributed by atoms with Crippen LogP contribution >= 0.6 is 0 Å². The van der Waals surface area contributed by atoms with E-state index in [0.29, 0.717) is 12.8 Å². The highest BCUT2D eigenvalue weighted by atomic mass is 19.4. The van der Waals surface area contributed by atoms with E-state index in [1.165, 1.54) is 17.0 Å². The molecule has 2 aliphatic rings. The number of nitrogens with zero attached hydrogens (tertiary/aromatic N) is 3. The number of aryl methyl sites for hydroxylation is 1. The van der Waals surface area contributed by atoms with Gasteiger partial charge in [0.15, 0.2) is 0 Å². The molecule has 1 fully saturated rings. The zero-order valence-corrected chi connectivity index (χ0v) is 17.0. The molecule has 1 aromatic carbocycles. The van der Waals surface area contributed by atoms with Crippen molar-refractivity contribution in [3.05, 3.63) is 46.5 Å². The van der Waals surface area contributed by atoms with E-state index in [1.807, 2.05) is 11.6 Å². The number of piperidine rings is 1. The molecule has 0 radical (unpaired) electrons. The Bertz CT molecular complexity index is 981. The van der Waals surface area contributed by atoms with E-state index < -0.39 is 25.0 Å². The molecule has 0 aliphatic carbocycles. The first-order chi connectivity index (χ1) is 14.7. The van der Waals surface area contributed by atoms with E-state index in [0.717, 1.165) is 41.0 Å². The zero-order chi connectivity index (χ0) is 22.3. The number of carbonyl (C=O) groups excluding carboxylic acids is 1. The standard InChI is InChI=1S/C21H23F4N3O3/c1-12-16-4-2-14-10-15(22)3-5-17(14)28(16)26-19(12)13-6-8-27(9-7-13)20(30)31-18(11-29)21(23,24)25/h3,5,10,13,18,29H,2,4,6-9,11H2,1H3. The lowest BCUT2D eigenvalue weighted by atomic mass is 9.90. The lowest BCUT2D eigenvalue weighted by molar-refractivity contribution is -0.214. The average molecular weight is 441 g/mol. The number of hydrogen-bond donors (Lipinski definition) is 1. The number of aliphatic hydroxyl groups excluding tert-OH is 1. The van der Waals surface area contributed by atoms with E-state index in [-0.39, 0.29) is 24.8 Å². The minimum absolute atomic E-state index is 0.0577. The third-order valence-corrected chi connectivity index (χ3v) is 6.10. The molecule has 1 unspecified atom stereocenters. The summed E-state index contributed by atoms with van der Waals surface area (Å²) in [6, 6.07) is 4.66. The predicted molar refractivity (Wildman–Crippen MR) is 103 cm³/mol. The van der Waals surface area contributed by atoms with Gasteiger partial charge in [0.05, 0.1) is 18.0 Å². The fraction of sp³-hybridized carbons (Fsp3) is 0.524. The number of fused-ring (bicyclic) bond motifs is 3. The number of ether oxygens (including phenoxy) is 1. The van der Waals surface area contributed by atoms with Gasteiger partial charge in [0.2, 0.25) is 6.10 Å². The number of amides is 1. The second-order valence-electron chi connectivity index (χ2n) is 8.00. The number of benzene rings is 1. The molecular formula is C21H23F4N3O3. The minimum Gasteiger partial charge on any atom is -0.434 e. The van der Waals surface area contributed by atoms with Crippen molar-refractivity contribution in [3.8, 4) is 5.69 Å². The lowest BCUT2D eigenvalue weighted by Gasteiger charge is -2.32. The predicted octanol–water partition coefficient (Wildman–Crippen LogP) is 3.66. The van der Waals surface area contributed by atoms with E-state index in [4.69, 9.17) is 10.2 Å². The molecule has 1 amide bonds. The molecule has 6 nitrogen and oxygen atoms in total. The van der Waals surface area contributed by atoms with Crippen LogP contribution in [0.15, 0.2) is 18.2 Å². The summed E-state index contributed by atoms with van der Waals surface area (Å²) in [5.74, 6) is -0.221. The first-order valence-electron chi connectivity index (χ1n) is 10.2. The maximum atomic E-state index is 13.6. The Hall–Kier alpha value is -2.62. The largest absolute Gasteiger partial charge is 0.434 e. The molecule has 31 heavy (non-hydrogen) atoms. The van der Waals surface area contributed by atoms with Gasteiger partial charge in [-0.15, -0.1) is 0 Å². The molecule has 1 aromatic heterocycles. The molecule has 1 atom stereocenters. The number of aliphatic hydroxyl groups is 1. The molecule has 1 saturated heterocycles. The third kappa shape index (κ3) is 4.13. The molecule has 2 aromatic rings. The number of hydrogen-bond acceptors (Lipinski definition) is 4. The molecule has 0 spiro atoms. The Morgan fingerprint density at radius 1 is 1.29 bits per heavy atom. The van der Waals surface area contributed by atoms with Crippen LogP contribution < -0.4 is 0 Å². The third-order valence-electron chi connectivity index (χ3n) is 6.10. The number of rotatable bonds is 3. The van der Waals surface area contributed by atoms with Gasteiger partial charge in [-0.3, -0.25) is 0 Å². The molecule has 1 N–H and O–H groups in total. The Morgan fingerprint density at radius 2 is 2.00 bits per heavy atom. The number of carbonyl (C=O) groups is 1. The molecule has 3 heterocycles. The Morgan fingerprint density at radius 3 is 2.65 bits per heavy atom. The van der Waals surface area contributed by atoms with Gasteiger partial charge >= 0.3 is 12.3 Å². The van der Waals surface area contributed by atoms with Gasteiger partial charge in [0, 0.05) is 24.7 Å². The van der Waals surface area contributed by atoms with Crippen LogP contribution in [0, 0.1) is 12.7 Å². The fourth-order valence-electron chi connectivity index (χ4n) is 4.38. The summed E-state index contributed by atoms with van der Waals surface area (Å²) in [6.45, 7) is 1.17. The highest BCUT2D eigenvalue weighted by molar-refractivity contribution is 5.68. The maximum Gasteiger partial charge on any atom is 0.427 e. The zero-order valence-electron chi connectivity index (χ0n) is 17.0. The van der Waals surface area contributed by atoms with Crippen LogP contribution in [0.1, 0.15) is 41.3 Å². The molecule has 168 valence electrons. The SMILES string of the molecule is Cc1c(C2CCN(C(=O)OC(CO)C(F)(F)F)CC2)nn2c1CCc1cc(F)ccc1-2. The number of halogens is 4.